The van der Waals surface area contributed by atoms with Crippen LogP contribution in [0.25, 0.3) is 0 Å². The molecule has 0 saturated heterocycles. The monoisotopic (exact) mass is 250 g/mol. The molecule has 1 rings (SSSR count). The maximum absolute atomic E-state index is 10.8. The fraction of sp³-hybridized carbons (Fsp3) is 0.273. The minimum absolute atomic E-state index is 0.0452. The average Bonchev–Trinajstić information content (AvgIpc) is 2.37. The Morgan fingerprint density at radius 1 is 1.50 bits per heavy atom. The van der Waals surface area contributed by atoms with Crippen molar-refractivity contribution in [2.45, 2.75) is 13.0 Å². The molecule has 0 saturated carbocycles. The zero-order valence-corrected chi connectivity index (χ0v) is 9.75. The molecule has 1 atom stereocenters. The van der Waals surface area contributed by atoms with Crippen molar-refractivity contribution < 1.29 is 19.2 Å². The summed E-state index contributed by atoms with van der Waals surface area (Å²) in [5.41, 5.74) is -0.514. The smallest absolute Gasteiger partial charge is 0.283 e. The van der Waals surface area contributed by atoms with Gasteiger partial charge in [-0.05, 0) is 6.92 Å². The summed E-state index contributed by atoms with van der Waals surface area (Å²) in [6.07, 6.45) is -0.432. The Hall–Kier alpha value is -2.62. The lowest BCUT2D eigenvalue weighted by molar-refractivity contribution is -0.385. The highest BCUT2D eigenvalue weighted by Crippen LogP contribution is 2.34. The molecule has 0 heterocycles. The minimum atomic E-state index is -0.791. The van der Waals surface area contributed by atoms with E-state index in [-0.39, 0.29) is 17.1 Å². The summed E-state index contributed by atoms with van der Waals surface area (Å²) in [4.78, 5) is 20.8. The Labute approximate surface area is 103 Å². The molecule has 0 aliphatic carbocycles. The number of hydrogen-bond donors (Lipinski definition) is 0. The standard InChI is InChI=1S/C11H10N2O5/c1-7(5-12)18-11-4-9(13(15)16)8(6-14)3-10(11)17-2/h3-4,6-7H,1-2H3. The first-order valence-electron chi connectivity index (χ1n) is 4.91. The first-order chi connectivity index (χ1) is 8.53. The van der Waals surface area contributed by atoms with Crippen LogP contribution in [-0.2, 0) is 0 Å². The lowest BCUT2D eigenvalue weighted by Gasteiger charge is -2.12. The van der Waals surface area contributed by atoms with Crippen molar-refractivity contribution in [1.82, 2.24) is 0 Å². The van der Waals surface area contributed by atoms with E-state index in [1.54, 1.807) is 0 Å². The van der Waals surface area contributed by atoms with Gasteiger partial charge in [-0.25, -0.2) is 0 Å². The fourth-order valence-electron chi connectivity index (χ4n) is 1.29. The topological polar surface area (TPSA) is 102 Å². The highest BCUT2D eigenvalue weighted by atomic mass is 16.6. The largest absolute Gasteiger partial charge is 0.493 e. The summed E-state index contributed by atoms with van der Waals surface area (Å²) in [5.74, 6) is 0.202. The number of nitro groups is 1. The third-order valence-electron chi connectivity index (χ3n) is 2.12. The van der Waals surface area contributed by atoms with Crippen LogP contribution in [0.1, 0.15) is 17.3 Å². The number of benzene rings is 1. The molecule has 7 heteroatoms. The van der Waals surface area contributed by atoms with Crippen LogP contribution >= 0.6 is 0 Å². The Morgan fingerprint density at radius 3 is 2.61 bits per heavy atom. The van der Waals surface area contributed by atoms with E-state index < -0.39 is 16.7 Å². The van der Waals surface area contributed by atoms with Gasteiger partial charge in [-0.15, -0.1) is 0 Å². The molecule has 0 aromatic heterocycles. The summed E-state index contributed by atoms with van der Waals surface area (Å²) >= 11 is 0. The third kappa shape index (κ3) is 2.74. The van der Waals surface area contributed by atoms with Gasteiger partial charge in [0.15, 0.2) is 23.9 Å². The Bertz CT molecular complexity index is 521. The molecular weight excluding hydrogens is 240 g/mol. The molecular formula is C11H10N2O5. The number of methoxy groups -OCH3 is 1. The van der Waals surface area contributed by atoms with E-state index >= 15 is 0 Å². The number of hydrogen-bond acceptors (Lipinski definition) is 6. The van der Waals surface area contributed by atoms with Crippen LogP contribution < -0.4 is 9.47 Å². The summed E-state index contributed by atoms with van der Waals surface area (Å²) in [5, 5.41) is 19.4. The first kappa shape index (κ1) is 13.4. The number of nitriles is 1. The van der Waals surface area contributed by atoms with Gasteiger partial charge in [0.1, 0.15) is 6.07 Å². The number of ether oxygens (including phenoxy) is 2. The first-order valence-corrected chi connectivity index (χ1v) is 4.91. The molecule has 0 N–H and O–H groups in total. The number of aldehydes is 1. The van der Waals surface area contributed by atoms with Crippen molar-refractivity contribution in [2.75, 3.05) is 7.11 Å². The molecule has 0 amide bonds. The lowest BCUT2D eigenvalue weighted by atomic mass is 10.1. The molecule has 94 valence electrons. The van der Waals surface area contributed by atoms with E-state index in [2.05, 4.69) is 0 Å². The maximum atomic E-state index is 10.8. The van der Waals surface area contributed by atoms with Crippen LogP contribution in [0, 0.1) is 21.4 Å². The van der Waals surface area contributed by atoms with Gasteiger partial charge < -0.3 is 9.47 Å². The molecule has 1 unspecified atom stereocenters. The fourth-order valence-corrected chi connectivity index (χ4v) is 1.29. The van der Waals surface area contributed by atoms with Crippen LogP contribution in [0.5, 0.6) is 11.5 Å². The number of carbonyl (C=O) groups is 1. The molecule has 0 radical (unpaired) electrons. The number of rotatable bonds is 5. The highest BCUT2D eigenvalue weighted by Gasteiger charge is 2.20. The zero-order chi connectivity index (χ0) is 13.7. The van der Waals surface area contributed by atoms with E-state index in [0.717, 1.165) is 6.07 Å². The average molecular weight is 250 g/mol. The second-order valence-electron chi connectivity index (χ2n) is 3.33. The molecule has 1 aromatic carbocycles. The van der Waals surface area contributed by atoms with E-state index in [4.69, 9.17) is 14.7 Å². The van der Waals surface area contributed by atoms with Gasteiger partial charge in [0, 0.05) is 6.07 Å². The summed E-state index contributed by atoms with van der Waals surface area (Å²) in [7, 11) is 1.33. The van der Waals surface area contributed by atoms with E-state index in [1.165, 1.54) is 20.1 Å². The van der Waals surface area contributed by atoms with Gasteiger partial charge in [0.05, 0.1) is 23.7 Å². The summed E-state index contributed by atoms with van der Waals surface area (Å²) in [6, 6.07) is 4.09. The van der Waals surface area contributed by atoms with Crippen LogP contribution in [-0.4, -0.2) is 24.4 Å². The molecule has 0 fully saturated rings. The molecule has 0 aliphatic heterocycles. The van der Waals surface area contributed by atoms with Crippen molar-refractivity contribution in [2.24, 2.45) is 0 Å². The van der Waals surface area contributed by atoms with Crippen LogP contribution in [0.4, 0.5) is 5.69 Å². The van der Waals surface area contributed by atoms with Crippen LogP contribution in [0.2, 0.25) is 0 Å². The minimum Gasteiger partial charge on any atom is -0.493 e. The van der Waals surface area contributed by atoms with Crippen molar-refractivity contribution in [3.05, 3.63) is 27.8 Å². The highest BCUT2D eigenvalue weighted by molar-refractivity contribution is 5.83. The maximum Gasteiger partial charge on any atom is 0.283 e. The second-order valence-corrected chi connectivity index (χ2v) is 3.33. The van der Waals surface area contributed by atoms with E-state index in [9.17, 15) is 14.9 Å². The molecule has 7 nitrogen and oxygen atoms in total. The van der Waals surface area contributed by atoms with Crippen LogP contribution in [0.15, 0.2) is 12.1 Å². The van der Waals surface area contributed by atoms with Crippen molar-refractivity contribution >= 4 is 12.0 Å². The normalized spacial score (nSPS) is 11.2. The molecule has 0 bridgehead atoms. The second kappa shape index (κ2) is 5.63. The van der Waals surface area contributed by atoms with Gasteiger partial charge in [-0.1, -0.05) is 0 Å². The van der Waals surface area contributed by atoms with Crippen molar-refractivity contribution in [1.29, 1.82) is 5.26 Å². The number of nitro benzene ring substituents is 1. The van der Waals surface area contributed by atoms with Crippen molar-refractivity contribution in [3.63, 3.8) is 0 Å². The van der Waals surface area contributed by atoms with Gasteiger partial charge in [0.25, 0.3) is 5.69 Å². The predicted octanol–water partition coefficient (Wildman–Crippen LogP) is 1.71. The third-order valence-corrected chi connectivity index (χ3v) is 2.12. The van der Waals surface area contributed by atoms with Gasteiger partial charge in [-0.3, -0.25) is 14.9 Å². The summed E-state index contributed by atoms with van der Waals surface area (Å²) in [6.45, 7) is 1.49. The number of nitrogens with zero attached hydrogens (tertiary/aromatic N) is 2. The Morgan fingerprint density at radius 2 is 2.17 bits per heavy atom. The van der Waals surface area contributed by atoms with Crippen LogP contribution in [0.3, 0.4) is 0 Å². The van der Waals surface area contributed by atoms with Crippen molar-refractivity contribution in [3.8, 4) is 17.6 Å². The Kier molecular flexibility index (Phi) is 4.21. The SMILES string of the molecule is COc1cc(C=O)c([N+](=O)[O-])cc1OC(C)C#N. The number of carbonyl (C=O) groups excluding carboxylic acids is 1. The quantitative estimate of drug-likeness (QED) is 0.447. The van der Waals surface area contributed by atoms with Gasteiger partial charge >= 0.3 is 0 Å². The zero-order valence-electron chi connectivity index (χ0n) is 9.75. The molecule has 1 aromatic rings. The Balaban J connectivity index is 3.32. The predicted molar refractivity (Wildman–Crippen MR) is 60.7 cm³/mol. The van der Waals surface area contributed by atoms with E-state index in [0.29, 0.717) is 6.29 Å². The lowest BCUT2D eigenvalue weighted by Crippen LogP contribution is -2.10. The van der Waals surface area contributed by atoms with E-state index in [1.807, 2.05) is 6.07 Å². The van der Waals surface area contributed by atoms with Gasteiger partial charge in [-0.2, -0.15) is 5.26 Å². The molecule has 18 heavy (non-hydrogen) atoms. The van der Waals surface area contributed by atoms with Gasteiger partial charge in [0.2, 0.25) is 0 Å². The molecule has 0 aliphatic rings. The molecule has 0 spiro atoms. The summed E-state index contributed by atoms with van der Waals surface area (Å²) < 4.78 is 10.1.